The maximum Gasteiger partial charge on any atom is 0.227 e. The number of hydrogen-bond donors (Lipinski definition) is 1. The molecule has 2 aromatic rings. The lowest BCUT2D eigenvalue weighted by atomic mass is 10.2. The summed E-state index contributed by atoms with van der Waals surface area (Å²) in [6.45, 7) is 1.34. The first kappa shape index (κ1) is 15.6. The smallest absolute Gasteiger partial charge is 0.227 e. The number of nitrogens with zero attached hydrogens (tertiary/aromatic N) is 3. The Bertz CT molecular complexity index is 657. The monoisotopic (exact) mass is 384 g/mol. The van der Waals surface area contributed by atoms with E-state index in [1.54, 1.807) is 11.3 Å². The van der Waals surface area contributed by atoms with Gasteiger partial charge in [-0.2, -0.15) is 4.98 Å². The quantitative estimate of drug-likeness (QED) is 0.855. The van der Waals surface area contributed by atoms with Crippen LogP contribution in [0.5, 0.6) is 0 Å². The van der Waals surface area contributed by atoms with Crippen molar-refractivity contribution in [1.29, 1.82) is 0 Å². The van der Waals surface area contributed by atoms with E-state index in [0.717, 1.165) is 28.7 Å². The largest absolute Gasteiger partial charge is 0.339 e. The zero-order valence-electron chi connectivity index (χ0n) is 12.0. The van der Waals surface area contributed by atoms with E-state index < -0.39 is 0 Å². The summed E-state index contributed by atoms with van der Waals surface area (Å²) < 4.78 is 6.23. The summed E-state index contributed by atoms with van der Waals surface area (Å²) in [5, 5.41) is 5.93. The summed E-state index contributed by atoms with van der Waals surface area (Å²) in [5.74, 6) is 1.18. The van der Waals surface area contributed by atoms with Crippen LogP contribution in [0, 0.1) is 0 Å². The fourth-order valence-electron chi connectivity index (χ4n) is 2.65. The minimum Gasteiger partial charge on any atom is -0.339 e. The number of aryl methyl sites for hydroxylation is 1. The highest BCUT2D eigenvalue weighted by Crippen LogP contribution is 2.28. The Kier molecular flexibility index (Phi) is 4.90. The van der Waals surface area contributed by atoms with Gasteiger partial charge in [-0.25, -0.2) is 0 Å². The van der Waals surface area contributed by atoms with Gasteiger partial charge in [0.1, 0.15) is 0 Å². The fourth-order valence-corrected chi connectivity index (χ4v) is 4.01. The average Bonchev–Trinajstić information content (AvgIpc) is 3.24. The van der Waals surface area contributed by atoms with E-state index in [1.165, 1.54) is 0 Å². The maximum atomic E-state index is 12.2. The molecule has 8 heteroatoms. The molecular formula is C14H17BrN4O2S. The minimum atomic E-state index is 0.117. The average molecular weight is 385 g/mol. The normalized spacial score (nSPS) is 18.1. The summed E-state index contributed by atoms with van der Waals surface area (Å²) in [4.78, 5) is 19.4. The Balaban J connectivity index is 1.58. The third kappa shape index (κ3) is 3.39. The number of rotatable bonds is 5. The van der Waals surface area contributed by atoms with Gasteiger partial charge in [-0.15, -0.1) is 11.3 Å². The second-order valence-corrected chi connectivity index (χ2v) is 7.09. The van der Waals surface area contributed by atoms with Crippen molar-refractivity contribution < 1.29 is 9.32 Å². The highest BCUT2D eigenvalue weighted by atomic mass is 79.9. The summed E-state index contributed by atoms with van der Waals surface area (Å²) in [5.41, 5.74) is 5.70. The molecule has 1 saturated heterocycles. The van der Waals surface area contributed by atoms with Gasteiger partial charge in [0.15, 0.2) is 0 Å². The molecule has 118 valence electrons. The molecule has 1 aliphatic heterocycles. The van der Waals surface area contributed by atoms with Crippen molar-refractivity contribution in [2.24, 2.45) is 5.73 Å². The molecule has 0 saturated carbocycles. The molecule has 1 fully saturated rings. The molecule has 1 amide bonds. The van der Waals surface area contributed by atoms with Crippen LogP contribution in [0.1, 0.15) is 25.2 Å². The highest BCUT2D eigenvalue weighted by molar-refractivity contribution is 9.10. The maximum absolute atomic E-state index is 12.2. The van der Waals surface area contributed by atoms with Gasteiger partial charge < -0.3 is 15.2 Å². The zero-order chi connectivity index (χ0) is 15.5. The lowest BCUT2D eigenvalue weighted by Crippen LogP contribution is -2.40. The van der Waals surface area contributed by atoms with Crippen molar-refractivity contribution in [1.82, 2.24) is 15.0 Å². The predicted molar refractivity (Wildman–Crippen MR) is 87.4 cm³/mol. The minimum absolute atomic E-state index is 0.117. The number of aromatic nitrogens is 2. The van der Waals surface area contributed by atoms with Gasteiger partial charge in [0.25, 0.3) is 0 Å². The molecule has 1 unspecified atom stereocenters. The van der Waals surface area contributed by atoms with Crippen LogP contribution in [0.2, 0.25) is 0 Å². The first-order valence-electron chi connectivity index (χ1n) is 7.24. The van der Waals surface area contributed by atoms with Gasteiger partial charge in [0.2, 0.25) is 17.6 Å². The number of thiophene rings is 1. The Morgan fingerprint density at radius 2 is 2.45 bits per heavy atom. The van der Waals surface area contributed by atoms with Crippen molar-refractivity contribution in [3.8, 4) is 10.7 Å². The molecule has 0 aliphatic carbocycles. The van der Waals surface area contributed by atoms with E-state index >= 15 is 0 Å². The van der Waals surface area contributed by atoms with E-state index in [-0.39, 0.29) is 11.9 Å². The number of hydrogen-bond acceptors (Lipinski definition) is 6. The molecule has 1 atom stereocenters. The number of carbonyl (C=O) groups excluding carboxylic acids is 1. The number of likely N-dealkylation sites (tertiary alicyclic amines) is 1. The van der Waals surface area contributed by atoms with E-state index in [9.17, 15) is 4.79 Å². The molecule has 0 radical (unpaired) electrons. The van der Waals surface area contributed by atoms with Crippen LogP contribution in [-0.4, -0.2) is 40.1 Å². The number of amides is 1. The molecule has 1 aliphatic rings. The van der Waals surface area contributed by atoms with E-state index in [2.05, 4.69) is 26.1 Å². The molecule has 6 nitrogen and oxygen atoms in total. The fraction of sp³-hybridized carbons (Fsp3) is 0.500. The molecular weight excluding hydrogens is 368 g/mol. The SMILES string of the molecule is NCC1CCCN1C(=O)CCc1nc(-c2cc(Br)cs2)no1. The zero-order valence-corrected chi connectivity index (χ0v) is 14.4. The van der Waals surface area contributed by atoms with E-state index in [1.807, 2.05) is 16.3 Å². The van der Waals surface area contributed by atoms with Crippen LogP contribution in [-0.2, 0) is 11.2 Å². The lowest BCUT2D eigenvalue weighted by Gasteiger charge is -2.23. The standard InChI is InChI=1S/C14H17BrN4O2S/c15-9-6-11(22-8-9)14-17-12(21-18-14)3-4-13(20)19-5-1-2-10(19)7-16/h6,8,10H,1-5,7,16H2. The first-order valence-corrected chi connectivity index (χ1v) is 8.91. The molecule has 3 rings (SSSR count). The Labute approximate surface area is 140 Å². The van der Waals surface area contributed by atoms with Gasteiger partial charge in [-0.1, -0.05) is 5.16 Å². The highest BCUT2D eigenvalue weighted by Gasteiger charge is 2.27. The Morgan fingerprint density at radius 3 is 3.18 bits per heavy atom. The third-order valence-electron chi connectivity index (χ3n) is 3.78. The van der Waals surface area contributed by atoms with Crippen LogP contribution in [0.4, 0.5) is 0 Å². The van der Waals surface area contributed by atoms with Gasteiger partial charge in [-0.3, -0.25) is 4.79 Å². The number of nitrogens with two attached hydrogens (primary N) is 1. The van der Waals surface area contributed by atoms with Crippen LogP contribution in [0.3, 0.4) is 0 Å². The van der Waals surface area contributed by atoms with Gasteiger partial charge >= 0.3 is 0 Å². The molecule has 3 heterocycles. The predicted octanol–water partition coefficient (Wildman–Crippen LogP) is 2.44. The summed E-state index contributed by atoms with van der Waals surface area (Å²) >= 11 is 4.94. The molecule has 0 aromatic carbocycles. The molecule has 2 aromatic heterocycles. The van der Waals surface area contributed by atoms with Crippen molar-refractivity contribution in [2.75, 3.05) is 13.1 Å². The Hall–Kier alpha value is -1.25. The summed E-state index contributed by atoms with van der Waals surface area (Å²) in [7, 11) is 0. The summed E-state index contributed by atoms with van der Waals surface area (Å²) in [6, 6.07) is 2.13. The van der Waals surface area contributed by atoms with Gasteiger partial charge in [0, 0.05) is 41.8 Å². The van der Waals surface area contributed by atoms with Crippen LogP contribution in [0.15, 0.2) is 20.4 Å². The lowest BCUT2D eigenvalue weighted by molar-refractivity contribution is -0.131. The van der Waals surface area contributed by atoms with E-state index in [4.69, 9.17) is 10.3 Å². The summed E-state index contributed by atoms with van der Waals surface area (Å²) in [6.07, 6.45) is 2.88. The Morgan fingerprint density at radius 1 is 1.59 bits per heavy atom. The number of halogens is 1. The van der Waals surface area contributed by atoms with Crippen molar-refractivity contribution in [2.45, 2.75) is 31.7 Å². The van der Waals surface area contributed by atoms with Gasteiger partial charge in [-0.05, 0) is 34.8 Å². The second-order valence-electron chi connectivity index (χ2n) is 5.26. The molecule has 22 heavy (non-hydrogen) atoms. The molecule has 0 spiro atoms. The van der Waals surface area contributed by atoms with Crippen molar-refractivity contribution in [3.05, 3.63) is 21.8 Å². The van der Waals surface area contributed by atoms with Crippen molar-refractivity contribution >= 4 is 33.2 Å². The molecule has 2 N–H and O–H groups in total. The first-order chi connectivity index (χ1) is 10.7. The van der Waals surface area contributed by atoms with Gasteiger partial charge in [0.05, 0.1) is 4.88 Å². The topological polar surface area (TPSA) is 85.2 Å². The third-order valence-corrected chi connectivity index (χ3v) is 5.47. The second kappa shape index (κ2) is 6.89. The van der Waals surface area contributed by atoms with Crippen LogP contribution in [0.25, 0.3) is 10.7 Å². The number of carbonyl (C=O) groups is 1. The van der Waals surface area contributed by atoms with Crippen LogP contribution < -0.4 is 5.73 Å². The van der Waals surface area contributed by atoms with Crippen LogP contribution >= 0.6 is 27.3 Å². The molecule has 0 bridgehead atoms. The van der Waals surface area contributed by atoms with E-state index in [0.29, 0.717) is 31.1 Å². The van der Waals surface area contributed by atoms with Crippen molar-refractivity contribution in [3.63, 3.8) is 0 Å².